The number of likely N-dealkylation sites (tertiary alicyclic amines) is 1. The van der Waals surface area contributed by atoms with Gasteiger partial charge in [0.2, 0.25) is 10.0 Å². The van der Waals surface area contributed by atoms with Crippen LogP contribution in [0.3, 0.4) is 0 Å². The van der Waals surface area contributed by atoms with E-state index in [1.165, 1.54) is 6.92 Å². The first-order valence-electron chi connectivity index (χ1n) is 5.83. The van der Waals surface area contributed by atoms with Gasteiger partial charge in [-0.3, -0.25) is 4.79 Å². The summed E-state index contributed by atoms with van der Waals surface area (Å²) in [7, 11) is -3.77. The number of hydrogen-bond donors (Lipinski definition) is 2. The van der Waals surface area contributed by atoms with Gasteiger partial charge in [0.15, 0.2) is 5.25 Å². The van der Waals surface area contributed by atoms with Crippen LogP contribution in [-0.4, -0.2) is 55.3 Å². The summed E-state index contributed by atoms with van der Waals surface area (Å²) in [6, 6.07) is -0.171. The number of hydrogen-bond acceptors (Lipinski definition) is 4. The largest absolute Gasteiger partial charge is 0.480 e. The van der Waals surface area contributed by atoms with Crippen molar-refractivity contribution in [2.24, 2.45) is 0 Å². The van der Waals surface area contributed by atoms with Gasteiger partial charge in [-0.05, 0) is 32.9 Å². The Morgan fingerprint density at radius 2 is 2.24 bits per heavy atom. The van der Waals surface area contributed by atoms with Crippen LogP contribution in [0.5, 0.6) is 0 Å². The molecule has 2 N–H and O–H groups in total. The van der Waals surface area contributed by atoms with Crippen LogP contribution >= 0.6 is 0 Å². The van der Waals surface area contributed by atoms with E-state index in [2.05, 4.69) is 9.62 Å². The maximum absolute atomic E-state index is 11.7. The van der Waals surface area contributed by atoms with Gasteiger partial charge < -0.3 is 10.0 Å². The van der Waals surface area contributed by atoms with Crippen molar-refractivity contribution in [1.82, 2.24) is 9.62 Å². The Labute approximate surface area is 102 Å². The first kappa shape index (κ1) is 14.4. The number of likely N-dealkylation sites (N-methyl/N-ethyl adjacent to an activating group) is 1. The summed E-state index contributed by atoms with van der Waals surface area (Å²) in [5, 5.41) is 7.31. The zero-order chi connectivity index (χ0) is 13.1. The lowest BCUT2D eigenvalue weighted by molar-refractivity contribution is -0.136. The Balaban J connectivity index is 2.61. The van der Waals surface area contributed by atoms with Crippen LogP contribution in [0.4, 0.5) is 0 Å². The number of carboxylic acids is 1. The maximum Gasteiger partial charge on any atom is 0.323 e. The predicted octanol–water partition coefficient (Wildman–Crippen LogP) is -0.137. The standard InChI is InChI=1S/C10H20N2O4S/c1-3-12-6-4-5-9(7-12)11-17(15,16)8(2)10(13)14/h8-9,11H,3-7H2,1-2H3,(H,13,14). The van der Waals surface area contributed by atoms with Crippen molar-refractivity contribution in [3.8, 4) is 0 Å². The van der Waals surface area contributed by atoms with Crippen molar-refractivity contribution in [1.29, 1.82) is 0 Å². The highest BCUT2D eigenvalue weighted by atomic mass is 32.2. The van der Waals surface area contributed by atoms with Crippen LogP contribution in [-0.2, 0) is 14.8 Å². The number of sulfonamides is 1. The molecule has 0 aliphatic carbocycles. The minimum absolute atomic E-state index is 0.171. The number of rotatable bonds is 5. The molecule has 1 rings (SSSR count). The summed E-state index contributed by atoms with van der Waals surface area (Å²) in [5.41, 5.74) is 0. The lowest BCUT2D eigenvalue weighted by atomic mass is 10.1. The van der Waals surface area contributed by atoms with Crippen LogP contribution in [0.15, 0.2) is 0 Å². The molecular weight excluding hydrogens is 244 g/mol. The van der Waals surface area contributed by atoms with Crippen molar-refractivity contribution >= 4 is 16.0 Å². The van der Waals surface area contributed by atoms with Crippen molar-refractivity contribution in [2.45, 2.75) is 38.0 Å². The third kappa shape index (κ3) is 3.93. The van der Waals surface area contributed by atoms with Gasteiger partial charge in [-0.25, -0.2) is 13.1 Å². The number of nitrogens with one attached hydrogen (secondary N) is 1. The topological polar surface area (TPSA) is 86.7 Å². The molecule has 1 saturated heterocycles. The lowest BCUT2D eigenvalue weighted by Crippen LogP contribution is -2.50. The number of carbonyl (C=O) groups is 1. The molecule has 100 valence electrons. The van der Waals surface area contributed by atoms with Gasteiger partial charge >= 0.3 is 5.97 Å². The molecule has 0 aromatic heterocycles. The summed E-state index contributed by atoms with van der Waals surface area (Å²) >= 11 is 0. The van der Waals surface area contributed by atoms with Crippen molar-refractivity contribution in [3.05, 3.63) is 0 Å². The van der Waals surface area contributed by atoms with Gasteiger partial charge in [-0.2, -0.15) is 0 Å². The minimum Gasteiger partial charge on any atom is -0.480 e. The van der Waals surface area contributed by atoms with Crippen molar-refractivity contribution in [3.63, 3.8) is 0 Å². The Morgan fingerprint density at radius 1 is 1.59 bits per heavy atom. The molecule has 7 heteroatoms. The first-order chi connectivity index (χ1) is 7.86. The highest BCUT2D eigenvalue weighted by Crippen LogP contribution is 2.11. The number of aliphatic carboxylic acids is 1. The van der Waals surface area contributed by atoms with Crippen LogP contribution in [0, 0.1) is 0 Å². The second kappa shape index (κ2) is 5.79. The summed E-state index contributed by atoms with van der Waals surface area (Å²) in [4.78, 5) is 12.8. The Bertz CT molecular complexity index is 369. The summed E-state index contributed by atoms with van der Waals surface area (Å²) in [5.74, 6) is -1.32. The van der Waals surface area contributed by atoms with Crippen LogP contribution < -0.4 is 4.72 Å². The molecular formula is C10H20N2O4S. The Hall–Kier alpha value is -0.660. The van der Waals surface area contributed by atoms with Crippen LogP contribution in [0.25, 0.3) is 0 Å². The molecule has 2 unspecified atom stereocenters. The van der Waals surface area contributed by atoms with Gasteiger partial charge in [-0.15, -0.1) is 0 Å². The fourth-order valence-corrected chi connectivity index (χ4v) is 3.03. The monoisotopic (exact) mass is 264 g/mol. The minimum atomic E-state index is -3.77. The number of carboxylic acid groups (broad SMARTS) is 1. The summed E-state index contributed by atoms with van der Waals surface area (Å²) in [6.45, 7) is 5.72. The van der Waals surface area contributed by atoms with Gasteiger partial charge in [0, 0.05) is 12.6 Å². The highest BCUT2D eigenvalue weighted by Gasteiger charge is 2.31. The van der Waals surface area contributed by atoms with E-state index in [9.17, 15) is 13.2 Å². The van der Waals surface area contributed by atoms with Gasteiger partial charge in [0.05, 0.1) is 0 Å². The predicted molar refractivity (Wildman–Crippen MR) is 64.3 cm³/mol. The third-order valence-electron chi connectivity index (χ3n) is 3.10. The zero-order valence-electron chi connectivity index (χ0n) is 10.2. The van der Waals surface area contributed by atoms with Crippen LogP contribution in [0.2, 0.25) is 0 Å². The van der Waals surface area contributed by atoms with E-state index in [0.717, 1.165) is 25.9 Å². The van der Waals surface area contributed by atoms with E-state index in [1.54, 1.807) is 0 Å². The molecule has 0 bridgehead atoms. The number of piperidine rings is 1. The van der Waals surface area contributed by atoms with E-state index in [-0.39, 0.29) is 6.04 Å². The SMILES string of the molecule is CCN1CCCC(NS(=O)(=O)C(C)C(=O)O)C1. The van der Waals surface area contributed by atoms with Crippen molar-refractivity contribution in [2.75, 3.05) is 19.6 Å². The molecule has 1 heterocycles. The molecule has 2 atom stereocenters. The first-order valence-corrected chi connectivity index (χ1v) is 7.37. The van der Waals surface area contributed by atoms with Gasteiger partial charge in [0.25, 0.3) is 0 Å². The fourth-order valence-electron chi connectivity index (χ4n) is 1.91. The molecule has 1 aliphatic heterocycles. The molecule has 0 radical (unpaired) electrons. The quantitative estimate of drug-likeness (QED) is 0.722. The second-order valence-corrected chi connectivity index (χ2v) is 6.41. The molecule has 6 nitrogen and oxygen atoms in total. The van der Waals surface area contributed by atoms with Crippen LogP contribution in [0.1, 0.15) is 26.7 Å². The fraction of sp³-hybridized carbons (Fsp3) is 0.900. The van der Waals surface area contributed by atoms with E-state index in [0.29, 0.717) is 6.54 Å². The third-order valence-corrected chi connectivity index (χ3v) is 4.89. The molecule has 17 heavy (non-hydrogen) atoms. The van der Waals surface area contributed by atoms with E-state index >= 15 is 0 Å². The molecule has 0 saturated carbocycles. The van der Waals surface area contributed by atoms with E-state index in [1.807, 2.05) is 6.92 Å². The van der Waals surface area contributed by atoms with Gasteiger partial charge in [-0.1, -0.05) is 6.92 Å². The van der Waals surface area contributed by atoms with Crippen molar-refractivity contribution < 1.29 is 18.3 Å². The molecule has 0 aromatic carbocycles. The van der Waals surface area contributed by atoms with E-state index < -0.39 is 21.2 Å². The van der Waals surface area contributed by atoms with E-state index in [4.69, 9.17) is 5.11 Å². The summed E-state index contributed by atoms with van der Waals surface area (Å²) < 4.78 is 25.9. The molecule has 0 aromatic rings. The number of nitrogens with zero attached hydrogens (tertiary/aromatic N) is 1. The molecule has 1 fully saturated rings. The maximum atomic E-state index is 11.7. The molecule has 1 aliphatic rings. The Morgan fingerprint density at radius 3 is 2.76 bits per heavy atom. The second-order valence-electron chi connectivity index (χ2n) is 4.38. The zero-order valence-corrected chi connectivity index (χ0v) is 11.0. The molecule has 0 amide bonds. The molecule has 0 spiro atoms. The summed E-state index contributed by atoms with van der Waals surface area (Å²) in [6.07, 6.45) is 1.70. The van der Waals surface area contributed by atoms with Gasteiger partial charge in [0.1, 0.15) is 0 Å². The average Bonchev–Trinajstić information content (AvgIpc) is 2.27. The normalized spacial score (nSPS) is 24.5. The highest BCUT2D eigenvalue weighted by molar-refractivity contribution is 7.90. The average molecular weight is 264 g/mol. The lowest BCUT2D eigenvalue weighted by Gasteiger charge is -2.32. The smallest absolute Gasteiger partial charge is 0.323 e. The Kier molecular flexibility index (Phi) is 4.91.